The summed E-state index contributed by atoms with van der Waals surface area (Å²) in [5.74, 6) is 1.47. The summed E-state index contributed by atoms with van der Waals surface area (Å²) in [6.07, 6.45) is 5.11. The van der Waals surface area contributed by atoms with Crippen LogP contribution >= 0.6 is 7.14 Å². The van der Waals surface area contributed by atoms with Crippen LogP contribution in [0.2, 0.25) is 0 Å². The maximum absolute atomic E-state index is 12.5. The first-order valence-electron chi connectivity index (χ1n) is 11.6. The smallest absolute Gasteiger partial charge is 0.229 e. The number of benzene rings is 2. The van der Waals surface area contributed by atoms with Gasteiger partial charge in [-0.1, -0.05) is 12.1 Å². The molecular formula is C26H29N6OP. The topological polar surface area (TPSA) is 93.9 Å². The third-order valence-corrected chi connectivity index (χ3v) is 8.15. The molecule has 1 atom stereocenters. The molecule has 5 rings (SSSR count). The van der Waals surface area contributed by atoms with Crippen LogP contribution in [0.3, 0.4) is 0 Å². The number of anilines is 4. The SMILES string of the molecule is CN1Cc2cc(Nc3ncc(C#N)c(Nc4cccc(P(C)(C)=O)c4)n3)cc3c2C(CCC3)C1. The molecular weight excluding hydrogens is 443 g/mol. The van der Waals surface area contributed by atoms with Gasteiger partial charge >= 0.3 is 0 Å². The highest BCUT2D eigenvalue weighted by Gasteiger charge is 2.29. The van der Waals surface area contributed by atoms with Gasteiger partial charge in [0.1, 0.15) is 18.8 Å². The lowest BCUT2D eigenvalue weighted by molar-refractivity contribution is 0.266. The summed E-state index contributed by atoms with van der Waals surface area (Å²) < 4.78 is 12.5. The predicted octanol–water partition coefficient (Wildman–Crippen LogP) is 4.95. The van der Waals surface area contributed by atoms with E-state index in [1.807, 2.05) is 24.3 Å². The van der Waals surface area contributed by atoms with Crippen molar-refractivity contribution in [2.45, 2.75) is 31.7 Å². The monoisotopic (exact) mass is 472 g/mol. The Morgan fingerprint density at radius 1 is 1.15 bits per heavy atom. The Morgan fingerprint density at radius 3 is 2.76 bits per heavy atom. The van der Waals surface area contributed by atoms with E-state index < -0.39 is 7.14 Å². The van der Waals surface area contributed by atoms with Gasteiger partial charge in [-0.3, -0.25) is 0 Å². The highest BCUT2D eigenvalue weighted by atomic mass is 31.2. The van der Waals surface area contributed by atoms with Gasteiger partial charge in [-0.05, 0) is 86.5 Å². The van der Waals surface area contributed by atoms with Gasteiger partial charge in [0.15, 0.2) is 5.82 Å². The highest BCUT2D eigenvalue weighted by molar-refractivity contribution is 7.70. The molecule has 1 aliphatic heterocycles. The lowest BCUT2D eigenvalue weighted by atomic mass is 9.77. The molecule has 7 nitrogen and oxygen atoms in total. The molecule has 0 spiro atoms. The van der Waals surface area contributed by atoms with Crippen LogP contribution in [-0.2, 0) is 17.5 Å². The second-order valence-corrected chi connectivity index (χ2v) is 12.9. The minimum Gasteiger partial charge on any atom is -0.339 e. The summed E-state index contributed by atoms with van der Waals surface area (Å²) in [6, 6.07) is 14.0. The Hall–Kier alpha value is -3.20. The minimum atomic E-state index is -2.40. The maximum atomic E-state index is 12.5. The standard InChI is InChI=1S/C26H29N6OP/c1-32-15-18-7-4-6-17-10-22(11-19(16-32)24(17)18)30-26-28-14-20(13-27)25(31-26)29-21-8-5-9-23(12-21)34(2,3)33/h5,8-12,14,18H,4,6-7,15-16H2,1-3H3,(H2,28,29,30,31). The van der Waals surface area contributed by atoms with Crippen LogP contribution in [0, 0.1) is 11.3 Å². The Bertz CT molecular complexity index is 1340. The number of aryl methyl sites for hydroxylation is 1. The zero-order valence-corrected chi connectivity index (χ0v) is 20.7. The zero-order valence-electron chi connectivity index (χ0n) is 19.8. The van der Waals surface area contributed by atoms with E-state index in [1.165, 1.54) is 30.2 Å². The summed E-state index contributed by atoms with van der Waals surface area (Å²) in [7, 11) is -0.215. The molecule has 174 valence electrons. The van der Waals surface area contributed by atoms with Crippen LogP contribution in [0.4, 0.5) is 23.1 Å². The number of rotatable bonds is 5. The predicted molar refractivity (Wildman–Crippen MR) is 137 cm³/mol. The first-order valence-corrected chi connectivity index (χ1v) is 14.2. The summed E-state index contributed by atoms with van der Waals surface area (Å²) in [4.78, 5) is 11.4. The minimum absolute atomic E-state index is 0.345. The van der Waals surface area contributed by atoms with E-state index in [1.54, 1.807) is 18.9 Å². The fourth-order valence-corrected chi connectivity index (χ4v) is 6.01. The van der Waals surface area contributed by atoms with Crippen LogP contribution in [0.5, 0.6) is 0 Å². The third-order valence-electron chi connectivity index (χ3n) is 6.63. The third kappa shape index (κ3) is 4.57. The van der Waals surface area contributed by atoms with Crippen molar-refractivity contribution in [1.82, 2.24) is 14.9 Å². The van der Waals surface area contributed by atoms with E-state index in [0.29, 0.717) is 23.2 Å². The normalized spacial score (nSPS) is 17.5. The Kier molecular flexibility index (Phi) is 5.89. The van der Waals surface area contributed by atoms with Crippen molar-refractivity contribution in [2.75, 3.05) is 37.6 Å². The van der Waals surface area contributed by atoms with Gasteiger partial charge in [0, 0.05) is 29.8 Å². The Labute approximate surface area is 200 Å². The number of aromatic nitrogens is 2. The molecule has 2 aliphatic rings. The van der Waals surface area contributed by atoms with Gasteiger partial charge in [0.05, 0.1) is 6.20 Å². The van der Waals surface area contributed by atoms with Crippen molar-refractivity contribution >= 4 is 35.6 Å². The van der Waals surface area contributed by atoms with Crippen LogP contribution in [0.1, 0.15) is 41.0 Å². The molecule has 1 aliphatic carbocycles. The average Bonchev–Trinajstić information content (AvgIpc) is 2.79. The van der Waals surface area contributed by atoms with Crippen molar-refractivity contribution in [2.24, 2.45) is 0 Å². The van der Waals surface area contributed by atoms with Gasteiger partial charge in [0.2, 0.25) is 5.95 Å². The van der Waals surface area contributed by atoms with Crippen molar-refractivity contribution in [3.63, 3.8) is 0 Å². The van der Waals surface area contributed by atoms with E-state index in [-0.39, 0.29) is 0 Å². The molecule has 0 saturated heterocycles. The number of nitriles is 1. The summed E-state index contributed by atoms with van der Waals surface area (Å²) in [5.41, 5.74) is 6.40. The second kappa shape index (κ2) is 8.87. The van der Waals surface area contributed by atoms with Gasteiger partial charge in [-0.15, -0.1) is 0 Å². The Balaban J connectivity index is 1.44. The van der Waals surface area contributed by atoms with Crippen LogP contribution in [0.25, 0.3) is 0 Å². The van der Waals surface area contributed by atoms with Crippen molar-refractivity contribution in [3.05, 3.63) is 64.8 Å². The largest absolute Gasteiger partial charge is 0.339 e. The lowest BCUT2D eigenvalue weighted by Crippen LogP contribution is -2.33. The van der Waals surface area contributed by atoms with Gasteiger partial charge < -0.3 is 20.1 Å². The van der Waals surface area contributed by atoms with Gasteiger partial charge in [-0.2, -0.15) is 10.2 Å². The van der Waals surface area contributed by atoms with E-state index in [4.69, 9.17) is 0 Å². The maximum Gasteiger partial charge on any atom is 0.229 e. The summed E-state index contributed by atoms with van der Waals surface area (Å²) in [5, 5.41) is 16.9. The number of nitrogens with zero attached hydrogens (tertiary/aromatic N) is 4. The summed E-state index contributed by atoms with van der Waals surface area (Å²) >= 11 is 0. The van der Waals surface area contributed by atoms with Gasteiger partial charge in [-0.25, -0.2) is 4.98 Å². The fourth-order valence-electron chi connectivity index (χ4n) is 5.11. The molecule has 2 N–H and O–H groups in total. The molecule has 2 heterocycles. The zero-order chi connectivity index (χ0) is 23.9. The highest BCUT2D eigenvalue weighted by Crippen LogP contribution is 2.40. The van der Waals surface area contributed by atoms with Crippen molar-refractivity contribution in [1.29, 1.82) is 5.26 Å². The first kappa shape index (κ1) is 22.6. The molecule has 0 radical (unpaired) electrons. The Morgan fingerprint density at radius 2 is 1.97 bits per heavy atom. The molecule has 0 amide bonds. The molecule has 8 heteroatoms. The van der Waals surface area contributed by atoms with E-state index in [2.05, 4.69) is 50.8 Å². The van der Waals surface area contributed by atoms with Crippen LogP contribution < -0.4 is 15.9 Å². The number of likely N-dealkylation sites (N-methyl/N-ethyl adjacent to an activating group) is 1. The molecule has 0 bridgehead atoms. The first-order chi connectivity index (χ1) is 16.3. The van der Waals surface area contributed by atoms with Crippen molar-refractivity contribution < 1.29 is 4.57 Å². The molecule has 0 fully saturated rings. The molecule has 2 aromatic carbocycles. The number of nitrogens with one attached hydrogen (secondary N) is 2. The van der Waals surface area contributed by atoms with E-state index in [0.717, 1.165) is 36.2 Å². The molecule has 34 heavy (non-hydrogen) atoms. The number of hydrogen-bond donors (Lipinski definition) is 2. The molecule has 3 aromatic rings. The van der Waals surface area contributed by atoms with E-state index >= 15 is 0 Å². The molecule has 0 saturated carbocycles. The van der Waals surface area contributed by atoms with Gasteiger partial charge in [0.25, 0.3) is 0 Å². The quantitative estimate of drug-likeness (QED) is 0.508. The van der Waals surface area contributed by atoms with Crippen LogP contribution in [0.15, 0.2) is 42.6 Å². The molecule has 1 unspecified atom stereocenters. The second-order valence-electron chi connectivity index (χ2n) is 9.71. The van der Waals surface area contributed by atoms with E-state index in [9.17, 15) is 9.83 Å². The average molecular weight is 473 g/mol. The number of hydrogen-bond acceptors (Lipinski definition) is 7. The lowest BCUT2D eigenvalue weighted by Gasteiger charge is -2.37. The molecule has 1 aromatic heterocycles. The summed E-state index contributed by atoms with van der Waals surface area (Å²) in [6.45, 7) is 5.56. The van der Waals surface area contributed by atoms with Crippen molar-refractivity contribution in [3.8, 4) is 6.07 Å². The fraction of sp³-hybridized carbons (Fsp3) is 0.346. The van der Waals surface area contributed by atoms with Crippen LogP contribution in [-0.4, -0.2) is 41.8 Å².